The number of nitrogens with zero attached hydrogens (tertiary/aromatic N) is 4. The normalized spacial score (nSPS) is 11.0. The third kappa shape index (κ3) is 2.89. The Kier molecular flexibility index (Phi) is 4.24. The second-order valence-electron chi connectivity index (χ2n) is 5.00. The minimum absolute atomic E-state index is 0.0482. The van der Waals surface area contributed by atoms with Gasteiger partial charge in [-0.2, -0.15) is 0 Å². The van der Waals surface area contributed by atoms with E-state index in [0.717, 1.165) is 22.5 Å². The van der Waals surface area contributed by atoms with Crippen LogP contribution >= 0.6 is 11.3 Å². The molecule has 1 amide bonds. The third-order valence-electron chi connectivity index (χ3n) is 3.56. The molecule has 0 fully saturated rings. The Morgan fingerprint density at radius 1 is 1.17 bits per heavy atom. The second-order valence-corrected chi connectivity index (χ2v) is 6.07. The van der Waals surface area contributed by atoms with Crippen LogP contribution < -0.4 is 11.0 Å². The molecule has 3 aromatic rings. The SMILES string of the molecule is CCc1nnc(NC(=O)Cn2c(=O)n(CC)c3ccccc32)s1. The van der Waals surface area contributed by atoms with Gasteiger partial charge in [-0.15, -0.1) is 10.2 Å². The van der Waals surface area contributed by atoms with E-state index in [-0.39, 0.29) is 18.1 Å². The third-order valence-corrected chi connectivity index (χ3v) is 4.54. The number of hydrogen-bond donors (Lipinski definition) is 1. The first-order valence-corrected chi connectivity index (χ1v) is 8.26. The van der Waals surface area contributed by atoms with Gasteiger partial charge in [-0.1, -0.05) is 30.4 Å². The van der Waals surface area contributed by atoms with Crippen molar-refractivity contribution < 1.29 is 4.79 Å². The molecular weight excluding hydrogens is 314 g/mol. The van der Waals surface area contributed by atoms with Crippen molar-refractivity contribution in [1.82, 2.24) is 19.3 Å². The lowest BCUT2D eigenvalue weighted by Gasteiger charge is -2.03. The number of aryl methyl sites for hydroxylation is 2. The van der Waals surface area contributed by atoms with Crippen LogP contribution in [0.4, 0.5) is 5.13 Å². The summed E-state index contributed by atoms with van der Waals surface area (Å²) in [5.74, 6) is -0.287. The molecule has 8 heteroatoms. The lowest BCUT2D eigenvalue weighted by molar-refractivity contribution is -0.116. The van der Waals surface area contributed by atoms with Crippen molar-refractivity contribution in [3.63, 3.8) is 0 Å². The molecule has 1 N–H and O–H groups in total. The molecule has 0 radical (unpaired) electrons. The van der Waals surface area contributed by atoms with Gasteiger partial charge in [0.25, 0.3) is 0 Å². The van der Waals surface area contributed by atoms with Crippen molar-refractivity contribution in [2.45, 2.75) is 33.4 Å². The first-order valence-electron chi connectivity index (χ1n) is 7.44. The number of imidazole rings is 1. The predicted molar refractivity (Wildman–Crippen MR) is 89.8 cm³/mol. The van der Waals surface area contributed by atoms with Crippen molar-refractivity contribution in [1.29, 1.82) is 0 Å². The van der Waals surface area contributed by atoms with Crippen LogP contribution in [0.2, 0.25) is 0 Å². The van der Waals surface area contributed by atoms with Crippen molar-refractivity contribution in [3.05, 3.63) is 39.8 Å². The maximum Gasteiger partial charge on any atom is 0.329 e. The van der Waals surface area contributed by atoms with Crippen LogP contribution in [0.15, 0.2) is 29.1 Å². The van der Waals surface area contributed by atoms with Gasteiger partial charge < -0.3 is 0 Å². The molecule has 0 saturated carbocycles. The molecule has 0 aliphatic rings. The van der Waals surface area contributed by atoms with E-state index in [1.54, 1.807) is 4.57 Å². The largest absolute Gasteiger partial charge is 0.329 e. The highest BCUT2D eigenvalue weighted by Crippen LogP contribution is 2.16. The van der Waals surface area contributed by atoms with Crippen LogP contribution in [0.3, 0.4) is 0 Å². The monoisotopic (exact) mass is 331 g/mol. The van der Waals surface area contributed by atoms with Crippen LogP contribution in [0.25, 0.3) is 11.0 Å². The number of aromatic nitrogens is 4. The van der Waals surface area contributed by atoms with Gasteiger partial charge >= 0.3 is 5.69 Å². The number of amides is 1. The van der Waals surface area contributed by atoms with Crippen LogP contribution in [-0.4, -0.2) is 25.2 Å². The van der Waals surface area contributed by atoms with Gasteiger partial charge in [0.2, 0.25) is 11.0 Å². The maximum absolute atomic E-state index is 12.5. The zero-order valence-corrected chi connectivity index (χ0v) is 13.8. The Labute approximate surface area is 136 Å². The number of carbonyl (C=O) groups excluding carboxylic acids is 1. The summed E-state index contributed by atoms with van der Waals surface area (Å²) in [7, 11) is 0. The van der Waals surface area contributed by atoms with E-state index in [2.05, 4.69) is 15.5 Å². The summed E-state index contributed by atoms with van der Waals surface area (Å²) in [6.45, 7) is 4.40. The van der Waals surface area contributed by atoms with E-state index in [1.165, 1.54) is 15.9 Å². The molecule has 0 spiro atoms. The Hall–Kier alpha value is -2.48. The van der Waals surface area contributed by atoms with E-state index in [9.17, 15) is 9.59 Å². The molecule has 0 aliphatic heterocycles. The summed E-state index contributed by atoms with van der Waals surface area (Å²) < 4.78 is 3.14. The number of hydrogen-bond acceptors (Lipinski definition) is 5. The van der Waals surface area contributed by atoms with Crippen LogP contribution in [-0.2, 0) is 24.3 Å². The average molecular weight is 331 g/mol. The average Bonchev–Trinajstić information content (AvgIpc) is 3.11. The van der Waals surface area contributed by atoms with Gasteiger partial charge in [-0.3, -0.25) is 19.2 Å². The van der Waals surface area contributed by atoms with Crippen molar-refractivity contribution >= 4 is 33.4 Å². The number of para-hydroxylation sites is 2. The molecule has 7 nitrogen and oxygen atoms in total. The molecule has 3 rings (SSSR count). The van der Waals surface area contributed by atoms with Gasteiger partial charge in [0.15, 0.2) is 0 Å². The summed E-state index contributed by atoms with van der Waals surface area (Å²) in [6.07, 6.45) is 0.775. The zero-order chi connectivity index (χ0) is 16.4. The Bertz CT molecular complexity index is 908. The van der Waals surface area contributed by atoms with E-state index in [4.69, 9.17) is 0 Å². The van der Waals surface area contributed by atoms with Gasteiger partial charge in [0.1, 0.15) is 11.6 Å². The first-order chi connectivity index (χ1) is 11.1. The molecular formula is C15H17N5O2S. The smallest absolute Gasteiger partial charge is 0.299 e. The molecule has 0 saturated heterocycles. The highest BCUT2D eigenvalue weighted by Gasteiger charge is 2.15. The molecule has 23 heavy (non-hydrogen) atoms. The second kappa shape index (κ2) is 6.33. The lowest BCUT2D eigenvalue weighted by Crippen LogP contribution is -2.29. The molecule has 120 valence electrons. The fourth-order valence-corrected chi connectivity index (χ4v) is 3.18. The summed E-state index contributed by atoms with van der Waals surface area (Å²) in [5, 5.41) is 11.9. The molecule has 1 aromatic carbocycles. The Morgan fingerprint density at radius 3 is 2.48 bits per heavy atom. The number of nitrogens with one attached hydrogen (secondary N) is 1. The fourth-order valence-electron chi connectivity index (χ4n) is 2.48. The van der Waals surface area contributed by atoms with Gasteiger partial charge in [0.05, 0.1) is 11.0 Å². The minimum Gasteiger partial charge on any atom is -0.299 e. The summed E-state index contributed by atoms with van der Waals surface area (Å²) in [5.41, 5.74) is 1.40. The highest BCUT2D eigenvalue weighted by molar-refractivity contribution is 7.15. The molecule has 0 unspecified atom stereocenters. The number of fused-ring (bicyclic) bond motifs is 1. The quantitative estimate of drug-likeness (QED) is 0.774. The summed E-state index contributed by atoms with van der Waals surface area (Å²) in [4.78, 5) is 24.7. The minimum atomic E-state index is -0.287. The van der Waals surface area contributed by atoms with Crippen molar-refractivity contribution in [2.24, 2.45) is 0 Å². The van der Waals surface area contributed by atoms with Crippen LogP contribution in [0.5, 0.6) is 0 Å². The maximum atomic E-state index is 12.5. The topological polar surface area (TPSA) is 81.8 Å². The van der Waals surface area contributed by atoms with Crippen LogP contribution in [0, 0.1) is 0 Å². The molecule has 2 aromatic heterocycles. The van der Waals surface area contributed by atoms with E-state index in [1.807, 2.05) is 38.1 Å². The highest BCUT2D eigenvalue weighted by atomic mass is 32.1. The van der Waals surface area contributed by atoms with E-state index in [0.29, 0.717) is 11.7 Å². The van der Waals surface area contributed by atoms with Crippen LogP contribution in [0.1, 0.15) is 18.9 Å². The van der Waals surface area contributed by atoms with Gasteiger partial charge in [0, 0.05) is 6.54 Å². The van der Waals surface area contributed by atoms with E-state index >= 15 is 0 Å². The molecule has 2 heterocycles. The molecule has 0 aliphatic carbocycles. The fraction of sp³-hybridized carbons (Fsp3) is 0.333. The number of rotatable bonds is 5. The summed E-state index contributed by atoms with van der Waals surface area (Å²) >= 11 is 1.34. The van der Waals surface area contributed by atoms with Crippen molar-refractivity contribution in [2.75, 3.05) is 5.32 Å². The number of carbonyl (C=O) groups is 1. The lowest BCUT2D eigenvalue weighted by atomic mass is 10.3. The Balaban J connectivity index is 1.87. The van der Waals surface area contributed by atoms with E-state index < -0.39 is 0 Å². The first kappa shape index (κ1) is 15.4. The van der Waals surface area contributed by atoms with Crippen molar-refractivity contribution in [3.8, 4) is 0 Å². The molecule has 0 atom stereocenters. The number of benzene rings is 1. The Morgan fingerprint density at radius 2 is 1.87 bits per heavy atom. The molecule has 0 bridgehead atoms. The van der Waals surface area contributed by atoms with Gasteiger partial charge in [-0.25, -0.2) is 4.79 Å². The standard InChI is InChI=1S/C15H17N5O2S/c1-3-13-17-18-14(23-13)16-12(21)9-20-11-8-6-5-7-10(11)19(4-2)15(20)22/h5-8H,3-4,9H2,1-2H3,(H,16,18,21). The predicted octanol–water partition coefficient (Wildman–Crippen LogP) is 1.88. The zero-order valence-electron chi connectivity index (χ0n) is 12.9. The number of anilines is 1. The van der Waals surface area contributed by atoms with Gasteiger partial charge in [-0.05, 0) is 25.5 Å². The summed E-state index contributed by atoms with van der Waals surface area (Å²) in [6, 6.07) is 7.46.